The summed E-state index contributed by atoms with van der Waals surface area (Å²) in [5, 5.41) is 13.3. The number of fused-ring (bicyclic) bond motifs is 3. The molecule has 3 heterocycles. The van der Waals surface area contributed by atoms with Crippen molar-refractivity contribution in [2.45, 2.75) is 25.9 Å². The number of nitrogens with zero attached hydrogens (tertiary/aromatic N) is 4. The molecule has 3 aromatic rings. The molecule has 0 radical (unpaired) electrons. The van der Waals surface area contributed by atoms with Crippen LogP contribution in [0, 0.1) is 5.82 Å². The third-order valence-electron chi connectivity index (χ3n) is 4.03. The maximum absolute atomic E-state index is 13.4. The van der Waals surface area contributed by atoms with Gasteiger partial charge in [0.1, 0.15) is 11.6 Å². The molecule has 0 fully saturated rings. The summed E-state index contributed by atoms with van der Waals surface area (Å²) in [6.07, 6.45) is 4.90. The second kappa shape index (κ2) is 4.58. The molecule has 0 saturated heterocycles. The Kier molecular flexibility index (Phi) is 2.70. The molecule has 0 spiro atoms. The number of nitrogens with one attached hydrogen (secondary N) is 1. The summed E-state index contributed by atoms with van der Waals surface area (Å²) in [6, 6.07) is 4.89. The van der Waals surface area contributed by atoms with Crippen molar-refractivity contribution in [3.05, 3.63) is 42.0 Å². The molecule has 4 rings (SSSR count). The SMILES string of the molecule is CCn1cc(C2CCNc3c4ccc(F)cc4nn32)cn1. The van der Waals surface area contributed by atoms with Crippen LogP contribution in [0.15, 0.2) is 30.6 Å². The van der Waals surface area contributed by atoms with Crippen molar-refractivity contribution in [2.24, 2.45) is 0 Å². The fourth-order valence-corrected chi connectivity index (χ4v) is 2.96. The molecule has 1 atom stereocenters. The molecule has 108 valence electrons. The van der Waals surface area contributed by atoms with Crippen molar-refractivity contribution < 1.29 is 4.39 Å². The van der Waals surface area contributed by atoms with Gasteiger partial charge in [0.2, 0.25) is 0 Å². The molecule has 5 nitrogen and oxygen atoms in total. The van der Waals surface area contributed by atoms with Crippen LogP contribution < -0.4 is 5.32 Å². The van der Waals surface area contributed by atoms with Crippen LogP contribution in [0.3, 0.4) is 0 Å². The zero-order chi connectivity index (χ0) is 14.4. The van der Waals surface area contributed by atoms with Gasteiger partial charge >= 0.3 is 0 Å². The molecule has 0 amide bonds. The molecule has 1 aromatic carbocycles. The quantitative estimate of drug-likeness (QED) is 0.787. The lowest BCUT2D eigenvalue weighted by Gasteiger charge is -2.25. The van der Waals surface area contributed by atoms with Gasteiger partial charge < -0.3 is 5.32 Å². The predicted molar refractivity (Wildman–Crippen MR) is 78.8 cm³/mol. The lowest BCUT2D eigenvalue weighted by molar-refractivity contribution is 0.485. The summed E-state index contributed by atoms with van der Waals surface area (Å²) < 4.78 is 17.3. The van der Waals surface area contributed by atoms with E-state index in [0.29, 0.717) is 5.52 Å². The van der Waals surface area contributed by atoms with E-state index in [1.807, 2.05) is 15.6 Å². The second-order valence-electron chi connectivity index (χ2n) is 5.32. The lowest BCUT2D eigenvalue weighted by atomic mass is 10.1. The Morgan fingerprint density at radius 3 is 3.14 bits per heavy atom. The van der Waals surface area contributed by atoms with Crippen LogP contribution in [0.1, 0.15) is 24.9 Å². The Bertz CT molecular complexity index is 804. The van der Waals surface area contributed by atoms with E-state index in [-0.39, 0.29) is 11.9 Å². The normalized spacial score (nSPS) is 17.7. The van der Waals surface area contributed by atoms with Crippen molar-refractivity contribution in [1.29, 1.82) is 0 Å². The number of aromatic nitrogens is 4. The van der Waals surface area contributed by atoms with Gasteiger partial charge in [-0.25, -0.2) is 9.07 Å². The first kappa shape index (κ1) is 12.4. The minimum Gasteiger partial charge on any atom is -0.370 e. The van der Waals surface area contributed by atoms with E-state index >= 15 is 0 Å². The van der Waals surface area contributed by atoms with E-state index in [2.05, 4.69) is 28.6 Å². The summed E-state index contributed by atoms with van der Waals surface area (Å²) in [4.78, 5) is 0. The van der Waals surface area contributed by atoms with Gasteiger partial charge in [-0.2, -0.15) is 10.2 Å². The van der Waals surface area contributed by atoms with Gasteiger partial charge in [0.15, 0.2) is 0 Å². The summed E-state index contributed by atoms with van der Waals surface area (Å²) in [7, 11) is 0. The number of aryl methyl sites for hydroxylation is 1. The highest BCUT2D eigenvalue weighted by Crippen LogP contribution is 2.34. The molecule has 1 aliphatic heterocycles. The fourth-order valence-electron chi connectivity index (χ4n) is 2.96. The molecule has 0 aliphatic carbocycles. The van der Waals surface area contributed by atoms with Crippen molar-refractivity contribution in [2.75, 3.05) is 11.9 Å². The first-order chi connectivity index (χ1) is 10.3. The molecule has 2 aromatic heterocycles. The maximum Gasteiger partial charge on any atom is 0.132 e. The Balaban J connectivity index is 1.85. The third kappa shape index (κ3) is 1.90. The highest BCUT2D eigenvalue weighted by atomic mass is 19.1. The van der Waals surface area contributed by atoms with Crippen molar-refractivity contribution in [3.63, 3.8) is 0 Å². The lowest BCUT2D eigenvalue weighted by Crippen LogP contribution is -2.24. The molecule has 6 heteroatoms. The molecule has 0 bridgehead atoms. The highest BCUT2D eigenvalue weighted by Gasteiger charge is 2.25. The van der Waals surface area contributed by atoms with Crippen LogP contribution in [0.25, 0.3) is 10.9 Å². The van der Waals surface area contributed by atoms with Crippen LogP contribution in [-0.2, 0) is 6.54 Å². The summed E-state index contributed by atoms with van der Waals surface area (Å²) in [5.41, 5.74) is 1.83. The van der Waals surface area contributed by atoms with Crippen LogP contribution >= 0.6 is 0 Å². The van der Waals surface area contributed by atoms with Crippen LogP contribution in [0.4, 0.5) is 10.2 Å². The Hall–Kier alpha value is -2.37. The zero-order valence-corrected chi connectivity index (χ0v) is 11.8. The highest BCUT2D eigenvalue weighted by molar-refractivity contribution is 5.90. The minimum absolute atomic E-state index is 0.150. The zero-order valence-electron chi connectivity index (χ0n) is 11.8. The summed E-state index contributed by atoms with van der Waals surface area (Å²) in [6.45, 7) is 3.79. The van der Waals surface area contributed by atoms with E-state index in [1.54, 1.807) is 6.07 Å². The van der Waals surface area contributed by atoms with E-state index < -0.39 is 0 Å². The van der Waals surface area contributed by atoms with Gasteiger partial charge in [0.05, 0.1) is 17.8 Å². The molecule has 0 saturated carbocycles. The van der Waals surface area contributed by atoms with Crippen molar-refractivity contribution >= 4 is 16.7 Å². The largest absolute Gasteiger partial charge is 0.370 e. The van der Waals surface area contributed by atoms with Gasteiger partial charge in [-0.3, -0.25) is 4.68 Å². The predicted octanol–water partition coefficient (Wildman–Crippen LogP) is 2.80. The number of hydrogen-bond donors (Lipinski definition) is 1. The van der Waals surface area contributed by atoms with Crippen LogP contribution in [0.2, 0.25) is 0 Å². The first-order valence-electron chi connectivity index (χ1n) is 7.20. The van der Waals surface area contributed by atoms with Gasteiger partial charge in [0.25, 0.3) is 0 Å². The Morgan fingerprint density at radius 1 is 1.43 bits per heavy atom. The Morgan fingerprint density at radius 2 is 2.33 bits per heavy atom. The smallest absolute Gasteiger partial charge is 0.132 e. The van der Waals surface area contributed by atoms with Gasteiger partial charge in [0, 0.05) is 36.3 Å². The molecule has 1 unspecified atom stereocenters. The van der Waals surface area contributed by atoms with Crippen LogP contribution in [0.5, 0.6) is 0 Å². The van der Waals surface area contributed by atoms with Crippen molar-refractivity contribution in [1.82, 2.24) is 19.6 Å². The fraction of sp³-hybridized carbons (Fsp3) is 0.333. The molecule has 1 aliphatic rings. The molecular formula is C15H16FN5. The summed E-state index contributed by atoms with van der Waals surface area (Å²) >= 11 is 0. The average molecular weight is 285 g/mol. The van der Waals surface area contributed by atoms with E-state index in [4.69, 9.17) is 0 Å². The third-order valence-corrected chi connectivity index (χ3v) is 4.03. The second-order valence-corrected chi connectivity index (χ2v) is 5.32. The van der Waals surface area contributed by atoms with E-state index in [0.717, 1.165) is 36.3 Å². The van der Waals surface area contributed by atoms with E-state index in [1.165, 1.54) is 12.1 Å². The van der Waals surface area contributed by atoms with Crippen molar-refractivity contribution in [3.8, 4) is 0 Å². The maximum atomic E-state index is 13.4. The molecule has 21 heavy (non-hydrogen) atoms. The molecule has 1 N–H and O–H groups in total. The number of benzene rings is 1. The molecular weight excluding hydrogens is 269 g/mol. The van der Waals surface area contributed by atoms with Gasteiger partial charge in [-0.05, 0) is 25.5 Å². The van der Waals surface area contributed by atoms with Gasteiger partial charge in [-0.15, -0.1) is 0 Å². The van der Waals surface area contributed by atoms with E-state index in [9.17, 15) is 4.39 Å². The summed E-state index contributed by atoms with van der Waals surface area (Å²) in [5.74, 6) is 0.707. The number of halogens is 1. The van der Waals surface area contributed by atoms with Crippen LogP contribution in [-0.4, -0.2) is 26.1 Å². The first-order valence-corrected chi connectivity index (χ1v) is 7.20. The monoisotopic (exact) mass is 285 g/mol. The van der Waals surface area contributed by atoms with Gasteiger partial charge in [-0.1, -0.05) is 0 Å². The standard InChI is InChI=1S/C15H16FN5/c1-2-20-9-10(8-18-20)14-5-6-17-15-12-4-3-11(16)7-13(12)19-21(14)15/h3-4,7-9,14,17H,2,5-6H2,1H3. The number of anilines is 1. The average Bonchev–Trinajstić information content (AvgIpc) is 3.10. The topological polar surface area (TPSA) is 47.7 Å². The number of hydrogen-bond acceptors (Lipinski definition) is 3. The minimum atomic E-state index is -0.256. The number of rotatable bonds is 2. The Labute approximate surface area is 121 Å².